The molecule has 0 aromatic carbocycles. The number of pyridine rings is 1. The molecule has 0 saturated carbocycles. The lowest BCUT2D eigenvalue weighted by molar-refractivity contribution is 0.606. The molecule has 13 heavy (non-hydrogen) atoms. The van der Waals surface area contributed by atoms with Crippen molar-refractivity contribution < 1.29 is 4.39 Å². The van der Waals surface area contributed by atoms with E-state index in [4.69, 9.17) is 0 Å². The van der Waals surface area contributed by atoms with E-state index in [1.165, 1.54) is 6.07 Å². The second-order valence-electron chi connectivity index (χ2n) is 3.39. The van der Waals surface area contributed by atoms with Gasteiger partial charge in [0.05, 0.1) is 0 Å². The molecular weight excluding hydrogens is 169 g/mol. The van der Waals surface area contributed by atoms with E-state index in [1.807, 2.05) is 0 Å². The highest BCUT2D eigenvalue weighted by atomic mass is 19.1. The highest BCUT2D eigenvalue weighted by molar-refractivity contribution is 5.39. The highest BCUT2D eigenvalue weighted by Crippen LogP contribution is 2.17. The first-order valence-corrected chi connectivity index (χ1v) is 4.39. The molecule has 2 heterocycles. The quantitative estimate of drug-likeness (QED) is 0.705. The fourth-order valence-corrected chi connectivity index (χ4v) is 1.44. The summed E-state index contributed by atoms with van der Waals surface area (Å²) in [6, 6.07) is 3.02. The van der Waals surface area contributed by atoms with Crippen LogP contribution in [0, 0.1) is 11.7 Å². The van der Waals surface area contributed by atoms with Crippen molar-refractivity contribution in [2.24, 2.45) is 5.92 Å². The topological polar surface area (TPSA) is 28.2 Å². The molecule has 0 bridgehead atoms. The van der Waals surface area contributed by atoms with Crippen molar-refractivity contribution in [1.82, 2.24) is 10.4 Å². The number of hydrogen-bond acceptors (Lipinski definition) is 3. The van der Waals surface area contributed by atoms with Gasteiger partial charge in [-0.15, -0.1) is 0 Å². The van der Waals surface area contributed by atoms with E-state index in [0.717, 1.165) is 13.1 Å². The van der Waals surface area contributed by atoms with Crippen molar-refractivity contribution in [1.29, 1.82) is 0 Å². The fraction of sp³-hybridized carbons (Fsp3) is 0.444. The summed E-state index contributed by atoms with van der Waals surface area (Å²) in [6.45, 7) is 3.82. The molecule has 0 radical (unpaired) electrons. The van der Waals surface area contributed by atoms with Crippen molar-refractivity contribution in [2.75, 3.05) is 18.1 Å². The monoisotopic (exact) mass is 181 g/mol. The van der Waals surface area contributed by atoms with E-state index in [2.05, 4.69) is 17.3 Å². The number of anilines is 1. The zero-order valence-electron chi connectivity index (χ0n) is 7.50. The summed E-state index contributed by atoms with van der Waals surface area (Å²) >= 11 is 0. The molecule has 70 valence electrons. The van der Waals surface area contributed by atoms with Crippen LogP contribution in [0.5, 0.6) is 0 Å². The molecule has 0 spiro atoms. The second kappa shape index (κ2) is 3.30. The SMILES string of the molecule is CC1CNN(c2ncccc2F)C1. The minimum atomic E-state index is -0.274. The molecule has 1 aromatic heterocycles. The number of hydrazine groups is 1. The van der Waals surface area contributed by atoms with Gasteiger partial charge in [0.1, 0.15) is 0 Å². The van der Waals surface area contributed by atoms with Gasteiger partial charge in [-0.3, -0.25) is 5.01 Å². The van der Waals surface area contributed by atoms with Gasteiger partial charge in [-0.2, -0.15) is 0 Å². The molecule has 1 aliphatic rings. The Balaban J connectivity index is 2.21. The van der Waals surface area contributed by atoms with Crippen molar-refractivity contribution >= 4 is 5.82 Å². The largest absolute Gasteiger partial charge is 0.289 e. The summed E-state index contributed by atoms with van der Waals surface area (Å²) in [6.07, 6.45) is 1.60. The molecule has 4 heteroatoms. The summed E-state index contributed by atoms with van der Waals surface area (Å²) in [7, 11) is 0. The van der Waals surface area contributed by atoms with Crippen LogP contribution in [0.1, 0.15) is 6.92 Å². The maximum Gasteiger partial charge on any atom is 0.179 e. The van der Waals surface area contributed by atoms with E-state index in [0.29, 0.717) is 11.7 Å². The third-order valence-corrected chi connectivity index (χ3v) is 2.12. The third-order valence-electron chi connectivity index (χ3n) is 2.12. The van der Waals surface area contributed by atoms with Gasteiger partial charge < -0.3 is 0 Å². The zero-order valence-corrected chi connectivity index (χ0v) is 7.50. The normalized spacial score (nSPS) is 22.3. The van der Waals surface area contributed by atoms with Crippen LogP contribution < -0.4 is 10.4 Å². The summed E-state index contributed by atoms with van der Waals surface area (Å²) < 4.78 is 13.2. The van der Waals surface area contributed by atoms with Gasteiger partial charge in [-0.25, -0.2) is 14.8 Å². The average molecular weight is 181 g/mol. The Morgan fingerprint density at radius 1 is 1.69 bits per heavy atom. The van der Waals surface area contributed by atoms with E-state index in [-0.39, 0.29) is 5.82 Å². The molecule has 3 nitrogen and oxygen atoms in total. The van der Waals surface area contributed by atoms with Crippen LogP contribution in [-0.2, 0) is 0 Å². The molecule has 0 amide bonds. The second-order valence-corrected chi connectivity index (χ2v) is 3.39. The predicted molar refractivity (Wildman–Crippen MR) is 48.7 cm³/mol. The van der Waals surface area contributed by atoms with Crippen molar-refractivity contribution in [3.05, 3.63) is 24.1 Å². The Hall–Kier alpha value is -1.16. The molecule has 1 N–H and O–H groups in total. The highest BCUT2D eigenvalue weighted by Gasteiger charge is 2.21. The Morgan fingerprint density at radius 3 is 3.15 bits per heavy atom. The number of aromatic nitrogens is 1. The molecule has 1 aliphatic heterocycles. The van der Waals surface area contributed by atoms with E-state index in [1.54, 1.807) is 17.3 Å². The Kier molecular flexibility index (Phi) is 2.14. The van der Waals surface area contributed by atoms with Crippen LogP contribution in [-0.4, -0.2) is 18.1 Å². The zero-order chi connectivity index (χ0) is 9.26. The van der Waals surface area contributed by atoms with Crippen molar-refractivity contribution in [3.63, 3.8) is 0 Å². The van der Waals surface area contributed by atoms with Crippen LogP contribution >= 0.6 is 0 Å². The number of rotatable bonds is 1. The summed E-state index contributed by atoms with van der Waals surface area (Å²) in [5, 5.41) is 1.76. The lowest BCUT2D eigenvalue weighted by Gasteiger charge is -2.16. The molecule has 1 saturated heterocycles. The summed E-state index contributed by atoms with van der Waals surface area (Å²) in [5.74, 6) is 0.664. The van der Waals surface area contributed by atoms with Crippen LogP contribution in [0.25, 0.3) is 0 Å². The van der Waals surface area contributed by atoms with Crippen molar-refractivity contribution in [3.8, 4) is 0 Å². The number of hydrogen-bond donors (Lipinski definition) is 1. The van der Waals surface area contributed by atoms with Gasteiger partial charge in [0, 0.05) is 19.3 Å². The van der Waals surface area contributed by atoms with Gasteiger partial charge in [0.15, 0.2) is 11.6 Å². The maximum absolute atomic E-state index is 13.2. The van der Waals surface area contributed by atoms with Gasteiger partial charge >= 0.3 is 0 Å². The Morgan fingerprint density at radius 2 is 2.54 bits per heavy atom. The molecule has 1 aromatic rings. The molecule has 1 atom stereocenters. The first-order valence-electron chi connectivity index (χ1n) is 4.39. The van der Waals surface area contributed by atoms with Crippen LogP contribution in [0.3, 0.4) is 0 Å². The minimum absolute atomic E-state index is 0.274. The smallest absolute Gasteiger partial charge is 0.179 e. The fourth-order valence-electron chi connectivity index (χ4n) is 1.44. The van der Waals surface area contributed by atoms with E-state index in [9.17, 15) is 4.39 Å². The van der Waals surface area contributed by atoms with Gasteiger partial charge in [-0.1, -0.05) is 6.92 Å². The first kappa shape index (κ1) is 8.44. The van der Waals surface area contributed by atoms with Gasteiger partial charge in [0.2, 0.25) is 0 Å². The standard InChI is InChI=1S/C9H12FN3/c1-7-5-12-13(6-7)9-8(10)3-2-4-11-9/h2-4,7,12H,5-6H2,1H3. The molecule has 1 fully saturated rings. The third kappa shape index (κ3) is 1.62. The molecule has 0 aliphatic carbocycles. The first-order chi connectivity index (χ1) is 6.27. The number of halogens is 1. The lowest BCUT2D eigenvalue weighted by Crippen LogP contribution is -2.32. The lowest BCUT2D eigenvalue weighted by atomic mass is 10.2. The average Bonchev–Trinajstić information content (AvgIpc) is 2.53. The summed E-state index contributed by atoms with van der Waals surface area (Å²) in [5.41, 5.74) is 3.09. The van der Waals surface area contributed by atoms with Crippen LogP contribution in [0.4, 0.5) is 10.2 Å². The van der Waals surface area contributed by atoms with Crippen LogP contribution in [0.2, 0.25) is 0 Å². The maximum atomic E-state index is 13.2. The Labute approximate surface area is 76.6 Å². The van der Waals surface area contributed by atoms with Crippen LogP contribution in [0.15, 0.2) is 18.3 Å². The Bertz CT molecular complexity index is 303. The predicted octanol–water partition coefficient (Wildman–Crippen LogP) is 1.18. The number of nitrogens with one attached hydrogen (secondary N) is 1. The number of nitrogens with zero attached hydrogens (tertiary/aromatic N) is 2. The molecule has 2 rings (SSSR count). The van der Waals surface area contributed by atoms with E-state index < -0.39 is 0 Å². The molecular formula is C9H12FN3. The minimum Gasteiger partial charge on any atom is -0.289 e. The summed E-state index contributed by atoms with van der Waals surface area (Å²) in [4.78, 5) is 3.98. The van der Waals surface area contributed by atoms with Gasteiger partial charge in [0.25, 0.3) is 0 Å². The van der Waals surface area contributed by atoms with Crippen molar-refractivity contribution in [2.45, 2.75) is 6.92 Å². The molecule has 1 unspecified atom stereocenters. The van der Waals surface area contributed by atoms with E-state index >= 15 is 0 Å². The van der Waals surface area contributed by atoms with Gasteiger partial charge in [-0.05, 0) is 18.1 Å².